The number of hydrogen-bond donors (Lipinski definition) is 2. The van der Waals surface area contributed by atoms with E-state index in [1.54, 1.807) is 0 Å². The van der Waals surface area contributed by atoms with Crippen LogP contribution in [0, 0.1) is 12.8 Å². The molecule has 0 spiro atoms. The quantitative estimate of drug-likeness (QED) is 0.791. The number of hydrogen-bond acceptors (Lipinski definition) is 3. The molecule has 0 bridgehead atoms. The number of nitrogens with zero attached hydrogens (tertiary/aromatic N) is 2. The number of aliphatic hydroxyl groups is 1. The molecule has 0 radical (unpaired) electrons. The van der Waals surface area contributed by atoms with Crippen LogP contribution in [0.2, 0.25) is 0 Å². The van der Waals surface area contributed by atoms with Gasteiger partial charge < -0.3 is 10.4 Å². The standard InChI is InChI=1S/C18H31N3O2/c1-4-15(5-2)21-17(11-13(3)20-21)18(23)19-16-10-8-6-7-9-14(16)12-22/h11,14-16,22H,4-10,12H2,1-3H3,(H,19,23). The molecule has 130 valence electrons. The minimum Gasteiger partial charge on any atom is -0.396 e. The van der Waals surface area contributed by atoms with Gasteiger partial charge in [0.2, 0.25) is 0 Å². The fraction of sp³-hybridized carbons (Fsp3) is 0.778. The molecule has 1 heterocycles. The summed E-state index contributed by atoms with van der Waals surface area (Å²) in [7, 11) is 0. The van der Waals surface area contributed by atoms with Gasteiger partial charge in [-0.1, -0.05) is 33.1 Å². The monoisotopic (exact) mass is 321 g/mol. The lowest BCUT2D eigenvalue weighted by Crippen LogP contribution is -2.42. The van der Waals surface area contributed by atoms with Crippen LogP contribution in [-0.2, 0) is 0 Å². The van der Waals surface area contributed by atoms with Crippen molar-refractivity contribution in [1.82, 2.24) is 15.1 Å². The van der Waals surface area contributed by atoms with Crippen molar-refractivity contribution in [2.45, 2.75) is 77.8 Å². The third-order valence-corrected chi connectivity index (χ3v) is 5.09. The summed E-state index contributed by atoms with van der Waals surface area (Å²) in [6, 6.07) is 2.20. The normalized spacial score (nSPS) is 22.1. The third-order valence-electron chi connectivity index (χ3n) is 5.09. The molecule has 23 heavy (non-hydrogen) atoms. The second kappa shape index (κ2) is 8.48. The van der Waals surface area contributed by atoms with Gasteiger partial charge >= 0.3 is 0 Å². The highest BCUT2D eigenvalue weighted by atomic mass is 16.3. The van der Waals surface area contributed by atoms with Crippen LogP contribution in [-0.4, -0.2) is 33.4 Å². The van der Waals surface area contributed by atoms with E-state index in [9.17, 15) is 9.90 Å². The first kappa shape index (κ1) is 18.0. The van der Waals surface area contributed by atoms with Crippen molar-refractivity contribution >= 4 is 5.91 Å². The van der Waals surface area contributed by atoms with E-state index < -0.39 is 0 Å². The van der Waals surface area contributed by atoms with E-state index in [0.717, 1.165) is 44.2 Å². The maximum Gasteiger partial charge on any atom is 0.269 e. The number of carbonyl (C=O) groups is 1. The summed E-state index contributed by atoms with van der Waals surface area (Å²) < 4.78 is 1.88. The van der Waals surface area contributed by atoms with E-state index in [4.69, 9.17) is 0 Å². The number of aromatic nitrogens is 2. The highest BCUT2D eigenvalue weighted by molar-refractivity contribution is 5.93. The molecule has 2 atom stereocenters. The van der Waals surface area contributed by atoms with Crippen molar-refractivity contribution < 1.29 is 9.90 Å². The van der Waals surface area contributed by atoms with Crippen LogP contribution >= 0.6 is 0 Å². The van der Waals surface area contributed by atoms with Gasteiger partial charge in [-0.15, -0.1) is 0 Å². The third kappa shape index (κ3) is 4.34. The van der Waals surface area contributed by atoms with E-state index >= 15 is 0 Å². The Hall–Kier alpha value is -1.36. The predicted octanol–water partition coefficient (Wildman–Crippen LogP) is 3.22. The van der Waals surface area contributed by atoms with Crippen LogP contribution in [0.1, 0.15) is 81.0 Å². The Labute approximate surface area is 139 Å². The summed E-state index contributed by atoms with van der Waals surface area (Å²) in [5, 5.41) is 17.3. The van der Waals surface area contributed by atoms with Crippen LogP contribution in [0.5, 0.6) is 0 Å². The summed E-state index contributed by atoms with van der Waals surface area (Å²) in [4.78, 5) is 12.8. The molecule has 1 amide bonds. The summed E-state index contributed by atoms with van der Waals surface area (Å²) >= 11 is 0. The Morgan fingerprint density at radius 3 is 2.70 bits per heavy atom. The lowest BCUT2D eigenvalue weighted by atomic mass is 9.95. The smallest absolute Gasteiger partial charge is 0.269 e. The molecule has 2 N–H and O–H groups in total. The van der Waals surface area contributed by atoms with E-state index in [2.05, 4.69) is 24.3 Å². The maximum absolute atomic E-state index is 12.8. The number of amides is 1. The van der Waals surface area contributed by atoms with Gasteiger partial charge in [0.15, 0.2) is 0 Å². The van der Waals surface area contributed by atoms with Crippen molar-refractivity contribution in [2.24, 2.45) is 5.92 Å². The van der Waals surface area contributed by atoms with Gasteiger partial charge in [0.1, 0.15) is 5.69 Å². The second-order valence-electron chi connectivity index (χ2n) is 6.75. The van der Waals surface area contributed by atoms with Crippen LogP contribution in [0.4, 0.5) is 0 Å². The molecule has 1 aliphatic rings. The first-order chi connectivity index (χ1) is 11.1. The van der Waals surface area contributed by atoms with Gasteiger partial charge in [0.05, 0.1) is 11.7 Å². The lowest BCUT2D eigenvalue weighted by Gasteiger charge is -2.25. The minimum atomic E-state index is -0.0529. The molecule has 0 saturated heterocycles. The summed E-state index contributed by atoms with van der Waals surface area (Å²) in [6.45, 7) is 6.33. The van der Waals surface area contributed by atoms with Crippen molar-refractivity contribution in [3.8, 4) is 0 Å². The molecule has 5 heteroatoms. The Kier molecular flexibility index (Phi) is 6.63. The van der Waals surface area contributed by atoms with Crippen molar-refractivity contribution in [3.05, 3.63) is 17.5 Å². The zero-order valence-corrected chi connectivity index (χ0v) is 14.7. The minimum absolute atomic E-state index is 0.0529. The molecule has 1 aromatic heterocycles. The summed E-state index contributed by atoms with van der Waals surface area (Å²) in [6.07, 6.45) is 7.31. The molecule has 2 rings (SSSR count). The lowest BCUT2D eigenvalue weighted by molar-refractivity contribution is 0.0885. The fourth-order valence-corrected chi connectivity index (χ4v) is 3.63. The molecule has 1 saturated carbocycles. The number of carbonyl (C=O) groups excluding carboxylic acids is 1. The topological polar surface area (TPSA) is 67.2 Å². The van der Waals surface area contributed by atoms with Gasteiger partial charge in [-0.05, 0) is 38.7 Å². The number of rotatable bonds is 6. The number of aryl methyl sites for hydroxylation is 1. The van der Waals surface area contributed by atoms with Gasteiger partial charge in [0.25, 0.3) is 5.91 Å². The Morgan fingerprint density at radius 1 is 1.35 bits per heavy atom. The van der Waals surface area contributed by atoms with Crippen molar-refractivity contribution in [1.29, 1.82) is 0 Å². The Bertz CT molecular complexity index is 508. The Balaban J connectivity index is 2.16. The van der Waals surface area contributed by atoms with Crippen molar-refractivity contribution in [3.63, 3.8) is 0 Å². The summed E-state index contributed by atoms with van der Waals surface area (Å²) in [5.74, 6) is 0.120. The maximum atomic E-state index is 12.8. The number of nitrogens with one attached hydrogen (secondary N) is 1. The predicted molar refractivity (Wildman–Crippen MR) is 91.5 cm³/mol. The average molecular weight is 321 g/mol. The molecule has 5 nitrogen and oxygen atoms in total. The van der Waals surface area contributed by atoms with Crippen LogP contribution < -0.4 is 5.32 Å². The molecule has 0 aromatic carbocycles. The van der Waals surface area contributed by atoms with Gasteiger partial charge in [0, 0.05) is 18.6 Å². The number of aliphatic hydroxyl groups excluding tert-OH is 1. The molecule has 0 aliphatic heterocycles. The second-order valence-corrected chi connectivity index (χ2v) is 6.75. The molecule has 1 aliphatic carbocycles. The van der Waals surface area contributed by atoms with Gasteiger partial charge in [-0.3, -0.25) is 9.48 Å². The largest absolute Gasteiger partial charge is 0.396 e. The van der Waals surface area contributed by atoms with Crippen molar-refractivity contribution in [2.75, 3.05) is 6.61 Å². The first-order valence-electron chi connectivity index (χ1n) is 9.08. The molecular weight excluding hydrogens is 290 g/mol. The van der Waals surface area contributed by atoms with E-state index in [0.29, 0.717) is 5.69 Å². The van der Waals surface area contributed by atoms with Crippen LogP contribution in [0.3, 0.4) is 0 Å². The van der Waals surface area contributed by atoms with E-state index in [1.807, 2.05) is 17.7 Å². The molecule has 1 fully saturated rings. The molecule has 1 aromatic rings. The molecular formula is C18H31N3O2. The SMILES string of the molecule is CCC(CC)n1nc(C)cc1C(=O)NC1CCCCCC1CO. The zero-order chi connectivity index (χ0) is 16.8. The Morgan fingerprint density at radius 2 is 2.04 bits per heavy atom. The fourth-order valence-electron chi connectivity index (χ4n) is 3.63. The summed E-state index contributed by atoms with van der Waals surface area (Å²) in [5.41, 5.74) is 1.53. The highest BCUT2D eigenvalue weighted by Gasteiger charge is 2.27. The van der Waals surface area contributed by atoms with E-state index in [-0.39, 0.29) is 30.5 Å². The average Bonchev–Trinajstić information content (AvgIpc) is 2.79. The van der Waals surface area contributed by atoms with E-state index in [1.165, 1.54) is 6.42 Å². The molecule has 2 unspecified atom stereocenters. The van der Waals surface area contributed by atoms with Crippen LogP contribution in [0.25, 0.3) is 0 Å². The van der Waals surface area contributed by atoms with Crippen LogP contribution in [0.15, 0.2) is 6.07 Å². The zero-order valence-electron chi connectivity index (χ0n) is 14.7. The van der Waals surface area contributed by atoms with Gasteiger partial charge in [-0.25, -0.2) is 0 Å². The highest BCUT2D eigenvalue weighted by Crippen LogP contribution is 2.24. The first-order valence-corrected chi connectivity index (χ1v) is 9.08. The van der Waals surface area contributed by atoms with Gasteiger partial charge in [-0.2, -0.15) is 5.10 Å².